The maximum atomic E-state index is 12.7. The monoisotopic (exact) mass is 402 g/mol. The van der Waals surface area contributed by atoms with Crippen LogP contribution in [0.5, 0.6) is 11.5 Å². The first-order valence-corrected chi connectivity index (χ1v) is 10.2. The van der Waals surface area contributed by atoms with Gasteiger partial charge < -0.3 is 15.0 Å². The highest BCUT2D eigenvalue weighted by atomic mass is 16.5. The maximum Gasteiger partial charge on any atom is 0.241 e. The Morgan fingerprint density at radius 3 is 2.23 bits per heavy atom. The molecule has 1 fully saturated rings. The molecule has 1 atom stereocenters. The lowest BCUT2D eigenvalue weighted by atomic mass is 10.2. The summed E-state index contributed by atoms with van der Waals surface area (Å²) in [5, 5.41) is 3.01. The predicted octanol–water partition coefficient (Wildman–Crippen LogP) is 4.02. The third-order valence-electron chi connectivity index (χ3n) is 5.32. The summed E-state index contributed by atoms with van der Waals surface area (Å²) in [6.07, 6.45) is 1.81. The highest BCUT2D eigenvalue weighted by Gasteiger charge is 2.26. The van der Waals surface area contributed by atoms with Gasteiger partial charge in [-0.1, -0.05) is 24.3 Å². The van der Waals surface area contributed by atoms with Gasteiger partial charge in [0.05, 0.1) is 6.04 Å². The number of para-hydroxylation sites is 1. The Balaban J connectivity index is 1.28. The van der Waals surface area contributed by atoms with Gasteiger partial charge in [-0.15, -0.1) is 0 Å². The molecular weight excluding hydrogens is 376 g/mol. The molecular formula is C24H26N4O2. The number of nitrogens with zero attached hydrogens (tertiary/aromatic N) is 3. The van der Waals surface area contributed by atoms with Crippen LogP contribution in [-0.4, -0.2) is 48.0 Å². The number of carbonyl (C=O) groups is 1. The summed E-state index contributed by atoms with van der Waals surface area (Å²) in [7, 11) is 0. The van der Waals surface area contributed by atoms with Crippen molar-refractivity contribution in [1.82, 2.24) is 9.88 Å². The molecule has 1 amide bonds. The average Bonchev–Trinajstić information content (AvgIpc) is 2.81. The molecule has 2 aromatic carbocycles. The van der Waals surface area contributed by atoms with Crippen molar-refractivity contribution in [2.24, 2.45) is 0 Å². The van der Waals surface area contributed by atoms with Gasteiger partial charge in [0, 0.05) is 38.1 Å². The molecule has 0 aliphatic carbocycles. The van der Waals surface area contributed by atoms with Gasteiger partial charge in [-0.3, -0.25) is 9.69 Å². The van der Waals surface area contributed by atoms with E-state index >= 15 is 0 Å². The molecule has 6 nitrogen and oxygen atoms in total. The molecule has 30 heavy (non-hydrogen) atoms. The first kappa shape index (κ1) is 19.9. The molecule has 0 spiro atoms. The van der Waals surface area contributed by atoms with Crippen LogP contribution in [0.3, 0.4) is 0 Å². The molecule has 4 rings (SSSR count). The Morgan fingerprint density at radius 1 is 0.900 bits per heavy atom. The van der Waals surface area contributed by atoms with Gasteiger partial charge in [0.1, 0.15) is 17.3 Å². The normalized spacial score (nSPS) is 15.4. The minimum atomic E-state index is -0.198. The van der Waals surface area contributed by atoms with Gasteiger partial charge in [0.15, 0.2) is 0 Å². The van der Waals surface area contributed by atoms with Crippen LogP contribution in [0.25, 0.3) is 0 Å². The van der Waals surface area contributed by atoms with Crippen LogP contribution in [0.2, 0.25) is 0 Å². The van der Waals surface area contributed by atoms with Crippen molar-refractivity contribution in [3.63, 3.8) is 0 Å². The summed E-state index contributed by atoms with van der Waals surface area (Å²) in [6, 6.07) is 22.8. The summed E-state index contributed by atoms with van der Waals surface area (Å²) >= 11 is 0. The number of amides is 1. The molecule has 0 bridgehead atoms. The van der Waals surface area contributed by atoms with Crippen LogP contribution in [-0.2, 0) is 4.79 Å². The molecule has 1 aliphatic heterocycles. The summed E-state index contributed by atoms with van der Waals surface area (Å²) in [6.45, 7) is 5.34. The Labute approximate surface area is 177 Å². The zero-order valence-electron chi connectivity index (χ0n) is 17.1. The van der Waals surface area contributed by atoms with E-state index < -0.39 is 0 Å². The lowest BCUT2D eigenvalue weighted by molar-refractivity contribution is -0.120. The van der Waals surface area contributed by atoms with E-state index in [1.165, 1.54) is 0 Å². The van der Waals surface area contributed by atoms with Crippen LogP contribution < -0.4 is 15.0 Å². The summed E-state index contributed by atoms with van der Waals surface area (Å²) in [4.78, 5) is 21.6. The maximum absolute atomic E-state index is 12.7. The van der Waals surface area contributed by atoms with Crippen LogP contribution in [0.1, 0.15) is 6.92 Å². The van der Waals surface area contributed by atoms with Crippen molar-refractivity contribution < 1.29 is 9.53 Å². The number of anilines is 2. The third-order valence-corrected chi connectivity index (χ3v) is 5.32. The van der Waals surface area contributed by atoms with Gasteiger partial charge in [0.2, 0.25) is 5.91 Å². The van der Waals surface area contributed by atoms with Gasteiger partial charge in [-0.25, -0.2) is 4.98 Å². The number of piperazine rings is 1. The van der Waals surface area contributed by atoms with Gasteiger partial charge in [0.25, 0.3) is 0 Å². The zero-order chi connectivity index (χ0) is 20.8. The minimum Gasteiger partial charge on any atom is -0.457 e. The highest BCUT2D eigenvalue weighted by molar-refractivity contribution is 5.94. The van der Waals surface area contributed by atoms with Crippen LogP contribution >= 0.6 is 0 Å². The van der Waals surface area contributed by atoms with E-state index in [0.29, 0.717) is 0 Å². The fourth-order valence-corrected chi connectivity index (χ4v) is 3.52. The van der Waals surface area contributed by atoms with E-state index in [1.54, 1.807) is 0 Å². The first-order valence-electron chi connectivity index (χ1n) is 10.2. The fraction of sp³-hybridized carbons (Fsp3) is 0.250. The number of rotatable bonds is 6. The van der Waals surface area contributed by atoms with E-state index in [1.807, 2.05) is 85.9 Å². The summed E-state index contributed by atoms with van der Waals surface area (Å²) in [5.41, 5.74) is 0.763. The first-order chi connectivity index (χ1) is 14.7. The van der Waals surface area contributed by atoms with Crippen molar-refractivity contribution >= 4 is 17.4 Å². The summed E-state index contributed by atoms with van der Waals surface area (Å²) < 4.78 is 5.80. The molecule has 1 aromatic heterocycles. The Bertz CT molecular complexity index is 940. The lowest BCUT2D eigenvalue weighted by Crippen LogP contribution is -2.53. The minimum absolute atomic E-state index is 0.00184. The number of ether oxygens (including phenoxy) is 1. The number of hydrogen-bond acceptors (Lipinski definition) is 5. The van der Waals surface area contributed by atoms with Crippen molar-refractivity contribution in [2.75, 3.05) is 36.4 Å². The molecule has 0 unspecified atom stereocenters. The zero-order valence-corrected chi connectivity index (χ0v) is 17.1. The van der Waals surface area contributed by atoms with Gasteiger partial charge >= 0.3 is 0 Å². The second-order valence-electron chi connectivity index (χ2n) is 7.32. The second kappa shape index (κ2) is 9.41. The number of pyridine rings is 1. The van der Waals surface area contributed by atoms with E-state index in [0.717, 1.165) is 49.2 Å². The van der Waals surface area contributed by atoms with E-state index in [9.17, 15) is 4.79 Å². The smallest absolute Gasteiger partial charge is 0.241 e. The number of nitrogens with one attached hydrogen (secondary N) is 1. The molecule has 0 saturated carbocycles. The standard InChI is InChI=1S/C24H26N4O2/c1-19(27-15-17-28(18-16-27)23-9-5-6-14-25-23)24(29)26-20-10-12-22(13-11-20)30-21-7-3-2-4-8-21/h2-14,19H,15-18H2,1H3,(H,26,29)/t19-/m1/s1. The molecule has 2 heterocycles. The quantitative estimate of drug-likeness (QED) is 0.675. The molecule has 154 valence electrons. The van der Waals surface area contributed by atoms with Crippen molar-refractivity contribution in [1.29, 1.82) is 0 Å². The molecule has 1 N–H and O–H groups in total. The van der Waals surface area contributed by atoms with Crippen LogP contribution in [0, 0.1) is 0 Å². The topological polar surface area (TPSA) is 57.7 Å². The highest BCUT2D eigenvalue weighted by Crippen LogP contribution is 2.23. The lowest BCUT2D eigenvalue weighted by Gasteiger charge is -2.37. The van der Waals surface area contributed by atoms with Crippen molar-refractivity contribution in [2.45, 2.75) is 13.0 Å². The Kier molecular flexibility index (Phi) is 6.25. The molecule has 1 aliphatic rings. The molecule has 6 heteroatoms. The summed E-state index contributed by atoms with van der Waals surface area (Å²) in [5.74, 6) is 2.51. The van der Waals surface area contributed by atoms with Crippen LogP contribution in [0.4, 0.5) is 11.5 Å². The third kappa shape index (κ3) is 4.96. The van der Waals surface area contributed by atoms with Crippen molar-refractivity contribution in [3.05, 3.63) is 79.0 Å². The average molecular weight is 402 g/mol. The predicted molar refractivity (Wildman–Crippen MR) is 119 cm³/mol. The van der Waals surface area contributed by atoms with Gasteiger partial charge in [-0.05, 0) is 55.5 Å². The van der Waals surface area contributed by atoms with E-state index in [2.05, 4.69) is 20.1 Å². The SMILES string of the molecule is C[C@H](C(=O)Nc1ccc(Oc2ccccc2)cc1)N1CCN(c2ccccn2)CC1. The second-order valence-corrected chi connectivity index (χ2v) is 7.32. The number of carbonyl (C=O) groups excluding carboxylic acids is 1. The van der Waals surface area contributed by atoms with E-state index in [-0.39, 0.29) is 11.9 Å². The molecule has 3 aromatic rings. The molecule has 1 saturated heterocycles. The molecule has 0 radical (unpaired) electrons. The largest absolute Gasteiger partial charge is 0.457 e. The fourth-order valence-electron chi connectivity index (χ4n) is 3.52. The number of hydrogen-bond donors (Lipinski definition) is 1. The number of aromatic nitrogens is 1. The Hall–Kier alpha value is -3.38. The van der Waals surface area contributed by atoms with Crippen molar-refractivity contribution in [3.8, 4) is 11.5 Å². The van der Waals surface area contributed by atoms with Gasteiger partial charge in [-0.2, -0.15) is 0 Å². The van der Waals surface area contributed by atoms with E-state index in [4.69, 9.17) is 4.74 Å². The number of benzene rings is 2. The van der Waals surface area contributed by atoms with Crippen LogP contribution in [0.15, 0.2) is 79.0 Å². The Morgan fingerprint density at radius 2 is 1.57 bits per heavy atom.